The van der Waals surface area contributed by atoms with Crippen LogP contribution in [0.25, 0.3) is 0 Å². The van der Waals surface area contributed by atoms with Crippen molar-refractivity contribution in [1.29, 1.82) is 0 Å². The fraction of sp³-hybridized carbons (Fsp3) is 0.346. The zero-order chi connectivity index (χ0) is 23.8. The molecular weight excluding hydrogens is 434 g/mol. The van der Waals surface area contributed by atoms with Gasteiger partial charge >= 0.3 is 0 Å². The van der Waals surface area contributed by atoms with Gasteiger partial charge in [0, 0.05) is 18.3 Å². The monoisotopic (exact) mass is 463 g/mol. The highest BCUT2D eigenvalue weighted by atomic mass is 16.5. The first kappa shape index (κ1) is 23.4. The molecular formula is C26H29N3O5. The number of ether oxygens (including phenoxy) is 2. The van der Waals surface area contributed by atoms with E-state index in [1.54, 1.807) is 48.5 Å². The summed E-state index contributed by atoms with van der Waals surface area (Å²) in [7, 11) is 1.53. The minimum absolute atomic E-state index is 0.135. The van der Waals surface area contributed by atoms with Crippen LogP contribution in [0.2, 0.25) is 0 Å². The molecule has 178 valence electrons. The predicted octanol–water partition coefficient (Wildman–Crippen LogP) is 4.82. The molecule has 0 unspecified atom stereocenters. The molecule has 1 aliphatic rings. The van der Waals surface area contributed by atoms with E-state index in [2.05, 4.69) is 15.8 Å². The van der Waals surface area contributed by atoms with Gasteiger partial charge in [-0.25, -0.2) is 0 Å². The summed E-state index contributed by atoms with van der Waals surface area (Å²) in [5.74, 6) is 1.62. The highest BCUT2D eigenvalue weighted by molar-refractivity contribution is 6.06. The molecule has 0 bridgehead atoms. The highest BCUT2D eigenvalue weighted by Crippen LogP contribution is 2.23. The summed E-state index contributed by atoms with van der Waals surface area (Å²) in [5.41, 5.74) is 1.33. The second kappa shape index (κ2) is 11.4. The molecule has 8 heteroatoms. The second-order valence-electron chi connectivity index (χ2n) is 8.36. The second-order valence-corrected chi connectivity index (χ2v) is 8.36. The Hall–Kier alpha value is -3.81. The highest BCUT2D eigenvalue weighted by Gasteiger charge is 2.17. The normalized spacial score (nSPS) is 13.8. The molecule has 0 radical (unpaired) electrons. The van der Waals surface area contributed by atoms with Gasteiger partial charge < -0.3 is 24.6 Å². The predicted molar refractivity (Wildman–Crippen MR) is 127 cm³/mol. The third kappa shape index (κ3) is 6.15. The van der Waals surface area contributed by atoms with Crippen LogP contribution in [0, 0.1) is 5.92 Å². The Bertz CT molecular complexity index is 1100. The first-order valence-corrected chi connectivity index (χ1v) is 11.5. The van der Waals surface area contributed by atoms with E-state index in [9.17, 15) is 9.59 Å². The van der Waals surface area contributed by atoms with Crippen molar-refractivity contribution in [3.63, 3.8) is 0 Å². The van der Waals surface area contributed by atoms with Crippen LogP contribution in [-0.2, 0) is 6.61 Å². The van der Waals surface area contributed by atoms with Gasteiger partial charge in [-0.15, -0.1) is 0 Å². The van der Waals surface area contributed by atoms with Gasteiger partial charge in [0.25, 0.3) is 11.8 Å². The van der Waals surface area contributed by atoms with E-state index in [0.29, 0.717) is 41.0 Å². The third-order valence-corrected chi connectivity index (χ3v) is 5.91. The molecule has 1 aromatic heterocycles. The van der Waals surface area contributed by atoms with Gasteiger partial charge in [0.15, 0.2) is 11.5 Å². The number of benzene rings is 2. The van der Waals surface area contributed by atoms with Crippen LogP contribution in [0.15, 0.2) is 59.1 Å². The summed E-state index contributed by atoms with van der Waals surface area (Å²) >= 11 is 0. The number of nitrogens with one attached hydrogen (secondary N) is 2. The maximum absolute atomic E-state index is 12.5. The Morgan fingerprint density at radius 3 is 2.56 bits per heavy atom. The lowest BCUT2D eigenvalue weighted by Crippen LogP contribution is -2.30. The van der Waals surface area contributed by atoms with Crippen LogP contribution in [-0.4, -0.2) is 30.6 Å². The number of methoxy groups -OCH3 is 1. The van der Waals surface area contributed by atoms with Gasteiger partial charge in [-0.3, -0.25) is 9.59 Å². The maximum atomic E-state index is 12.5. The molecule has 34 heavy (non-hydrogen) atoms. The summed E-state index contributed by atoms with van der Waals surface area (Å²) in [6.07, 6.45) is 6.10. The Balaban J connectivity index is 1.25. The Morgan fingerprint density at radius 1 is 1.03 bits per heavy atom. The summed E-state index contributed by atoms with van der Waals surface area (Å²) in [6.45, 7) is 0.813. The van der Waals surface area contributed by atoms with Crippen LogP contribution in [0.3, 0.4) is 0 Å². The van der Waals surface area contributed by atoms with Gasteiger partial charge in [-0.1, -0.05) is 36.6 Å². The molecule has 1 aliphatic carbocycles. The van der Waals surface area contributed by atoms with Crippen molar-refractivity contribution >= 4 is 17.5 Å². The Morgan fingerprint density at radius 2 is 1.79 bits per heavy atom. The summed E-state index contributed by atoms with van der Waals surface area (Å²) < 4.78 is 16.2. The molecule has 1 saturated carbocycles. The number of aromatic nitrogens is 1. The molecule has 8 nitrogen and oxygen atoms in total. The van der Waals surface area contributed by atoms with Crippen LogP contribution in [0.1, 0.15) is 58.7 Å². The molecule has 3 aromatic rings. The van der Waals surface area contributed by atoms with E-state index in [-0.39, 0.29) is 24.1 Å². The number of carbonyl (C=O) groups is 2. The van der Waals surface area contributed by atoms with Crippen LogP contribution < -0.4 is 20.1 Å². The number of amides is 2. The van der Waals surface area contributed by atoms with Crippen LogP contribution in [0.4, 0.5) is 5.69 Å². The third-order valence-electron chi connectivity index (χ3n) is 5.91. The topological polar surface area (TPSA) is 103 Å². The summed E-state index contributed by atoms with van der Waals surface area (Å²) in [5, 5.41) is 9.65. The largest absolute Gasteiger partial charge is 0.496 e. The standard InChI is InChI=1S/C26H29N3O5/c1-32-24-10-6-5-9-22(24)25(30)28-19-11-13-20(14-12-19)33-17-21-15-23(29-34-21)26(31)27-16-18-7-3-2-4-8-18/h5-6,9-15,18H,2-4,7-8,16-17H2,1H3,(H,27,31)(H,28,30). The van der Waals surface area contributed by atoms with E-state index in [4.69, 9.17) is 14.0 Å². The number of nitrogens with zero attached hydrogens (tertiary/aromatic N) is 1. The molecule has 2 aromatic carbocycles. The quantitative estimate of drug-likeness (QED) is 0.471. The zero-order valence-electron chi connectivity index (χ0n) is 19.2. The molecule has 2 amide bonds. The molecule has 2 N–H and O–H groups in total. The Labute approximate surface area is 198 Å². The molecule has 4 rings (SSSR count). The maximum Gasteiger partial charge on any atom is 0.273 e. The minimum atomic E-state index is -0.262. The average molecular weight is 464 g/mol. The molecule has 1 fully saturated rings. The fourth-order valence-electron chi connectivity index (χ4n) is 4.03. The van der Waals surface area contributed by atoms with Crippen molar-refractivity contribution in [3.05, 3.63) is 71.6 Å². The van der Waals surface area contributed by atoms with Gasteiger partial charge in [-0.05, 0) is 55.2 Å². The number of para-hydroxylation sites is 1. The van der Waals surface area contributed by atoms with Crippen molar-refractivity contribution in [2.24, 2.45) is 5.92 Å². The van der Waals surface area contributed by atoms with Crippen LogP contribution in [0.5, 0.6) is 11.5 Å². The SMILES string of the molecule is COc1ccccc1C(=O)Nc1ccc(OCc2cc(C(=O)NCC3CCCCC3)no2)cc1. The van der Waals surface area contributed by atoms with Crippen LogP contribution >= 0.6 is 0 Å². The lowest BCUT2D eigenvalue weighted by molar-refractivity contribution is 0.0933. The Kier molecular flexibility index (Phi) is 7.80. The van der Waals surface area contributed by atoms with Gasteiger partial charge in [-0.2, -0.15) is 0 Å². The minimum Gasteiger partial charge on any atom is -0.496 e. The lowest BCUT2D eigenvalue weighted by Gasteiger charge is -2.21. The van der Waals surface area contributed by atoms with Crippen molar-refractivity contribution < 1.29 is 23.6 Å². The van der Waals surface area contributed by atoms with E-state index < -0.39 is 0 Å². The zero-order valence-corrected chi connectivity index (χ0v) is 19.2. The molecule has 1 heterocycles. The number of anilines is 1. The molecule has 0 spiro atoms. The van der Waals surface area contributed by atoms with Gasteiger partial charge in [0.1, 0.15) is 18.1 Å². The summed E-state index contributed by atoms with van der Waals surface area (Å²) in [4.78, 5) is 24.8. The van der Waals surface area contributed by atoms with Crippen molar-refractivity contribution in [1.82, 2.24) is 10.5 Å². The van der Waals surface area contributed by atoms with Crippen molar-refractivity contribution in [2.75, 3.05) is 19.0 Å². The lowest BCUT2D eigenvalue weighted by atomic mass is 9.89. The number of carbonyl (C=O) groups excluding carboxylic acids is 2. The smallest absolute Gasteiger partial charge is 0.273 e. The number of hydrogen-bond donors (Lipinski definition) is 2. The average Bonchev–Trinajstić information content (AvgIpc) is 3.36. The first-order valence-electron chi connectivity index (χ1n) is 11.5. The summed E-state index contributed by atoms with van der Waals surface area (Å²) in [6, 6.07) is 15.6. The first-order chi connectivity index (χ1) is 16.6. The van der Waals surface area contributed by atoms with E-state index >= 15 is 0 Å². The molecule has 0 atom stereocenters. The van der Waals surface area contributed by atoms with Gasteiger partial charge in [0.05, 0.1) is 12.7 Å². The number of rotatable bonds is 9. The van der Waals surface area contributed by atoms with E-state index in [0.717, 1.165) is 0 Å². The molecule has 0 saturated heterocycles. The van der Waals surface area contributed by atoms with E-state index in [1.165, 1.54) is 39.2 Å². The van der Waals surface area contributed by atoms with E-state index in [1.807, 2.05) is 6.07 Å². The molecule has 0 aliphatic heterocycles. The van der Waals surface area contributed by atoms with Crippen molar-refractivity contribution in [2.45, 2.75) is 38.7 Å². The fourth-order valence-corrected chi connectivity index (χ4v) is 4.03. The van der Waals surface area contributed by atoms with Gasteiger partial charge in [0.2, 0.25) is 0 Å². The number of hydrogen-bond acceptors (Lipinski definition) is 6. The van der Waals surface area contributed by atoms with Crippen molar-refractivity contribution in [3.8, 4) is 11.5 Å².